The van der Waals surface area contributed by atoms with Gasteiger partial charge in [-0.15, -0.1) is 0 Å². The summed E-state index contributed by atoms with van der Waals surface area (Å²) in [6, 6.07) is 0. The average molecular weight is 209 g/mol. The van der Waals surface area contributed by atoms with Crippen LogP contribution in [0.1, 0.15) is 12.8 Å². The number of nitrogens with zero attached hydrogens (tertiary/aromatic N) is 1. The second kappa shape index (κ2) is 4.18. The molecule has 0 aliphatic carbocycles. The van der Waals surface area contributed by atoms with Crippen molar-refractivity contribution in [3.63, 3.8) is 0 Å². The smallest absolute Gasteiger partial charge is 0.265 e. The van der Waals surface area contributed by atoms with Crippen LogP contribution < -0.4 is 0 Å². The summed E-state index contributed by atoms with van der Waals surface area (Å²) < 4.78 is 25.7. The highest BCUT2D eigenvalue weighted by Crippen LogP contribution is 2.26. The van der Waals surface area contributed by atoms with E-state index in [2.05, 4.69) is 0 Å². The maximum atomic E-state index is 12.8. The standard InChI is InChI=1S/C8H13F2NO3/c9-8(10)2-1-3-11(5-8)7(14)6(13)4-12/h6,12-13H,1-5H2. The Kier molecular flexibility index (Phi) is 3.38. The topological polar surface area (TPSA) is 60.8 Å². The van der Waals surface area contributed by atoms with Crippen LogP contribution in [0.5, 0.6) is 0 Å². The number of aliphatic hydroxyl groups excluding tert-OH is 2. The Hall–Kier alpha value is -0.750. The third kappa shape index (κ3) is 2.62. The number of halogens is 2. The van der Waals surface area contributed by atoms with E-state index in [0.717, 1.165) is 4.90 Å². The number of alkyl halides is 2. The highest BCUT2D eigenvalue weighted by molar-refractivity contribution is 5.80. The summed E-state index contributed by atoms with van der Waals surface area (Å²) in [5, 5.41) is 17.4. The molecule has 82 valence electrons. The lowest BCUT2D eigenvalue weighted by Crippen LogP contribution is -2.49. The molecule has 2 N–H and O–H groups in total. The largest absolute Gasteiger partial charge is 0.393 e. The fraction of sp³-hybridized carbons (Fsp3) is 0.875. The van der Waals surface area contributed by atoms with Crippen LogP contribution in [-0.4, -0.2) is 52.7 Å². The molecule has 1 aliphatic rings. The molecule has 1 unspecified atom stereocenters. The summed E-state index contributed by atoms with van der Waals surface area (Å²) in [6.45, 7) is -1.19. The molecule has 0 radical (unpaired) electrons. The zero-order valence-electron chi connectivity index (χ0n) is 7.62. The third-order valence-corrected chi connectivity index (χ3v) is 2.16. The highest BCUT2D eigenvalue weighted by atomic mass is 19.3. The fourth-order valence-corrected chi connectivity index (χ4v) is 1.44. The minimum atomic E-state index is -2.87. The Bertz CT molecular complexity index is 223. The molecule has 1 heterocycles. The molecule has 4 nitrogen and oxygen atoms in total. The van der Waals surface area contributed by atoms with Gasteiger partial charge in [0, 0.05) is 13.0 Å². The van der Waals surface area contributed by atoms with Crippen molar-refractivity contribution < 1.29 is 23.8 Å². The van der Waals surface area contributed by atoms with Crippen LogP contribution in [0.15, 0.2) is 0 Å². The third-order valence-electron chi connectivity index (χ3n) is 2.16. The molecule has 1 saturated heterocycles. The number of amides is 1. The number of carbonyl (C=O) groups is 1. The Morgan fingerprint density at radius 2 is 2.21 bits per heavy atom. The van der Waals surface area contributed by atoms with Crippen molar-refractivity contribution in [2.45, 2.75) is 24.9 Å². The van der Waals surface area contributed by atoms with E-state index < -0.39 is 31.1 Å². The van der Waals surface area contributed by atoms with Gasteiger partial charge >= 0.3 is 0 Å². The number of aliphatic hydroxyl groups is 2. The number of rotatable bonds is 2. The first-order valence-corrected chi connectivity index (χ1v) is 4.42. The highest BCUT2D eigenvalue weighted by Gasteiger charge is 2.38. The first-order valence-electron chi connectivity index (χ1n) is 4.42. The van der Waals surface area contributed by atoms with Gasteiger partial charge in [-0.3, -0.25) is 4.79 Å². The van der Waals surface area contributed by atoms with Gasteiger partial charge in [0.05, 0.1) is 13.2 Å². The molecule has 0 aromatic rings. The van der Waals surface area contributed by atoms with Crippen LogP contribution in [0, 0.1) is 0 Å². The molecule has 0 bridgehead atoms. The fourth-order valence-electron chi connectivity index (χ4n) is 1.44. The van der Waals surface area contributed by atoms with Crippen LogP contribution in [-0.2, 0) is 4.79 Å². The molecule has 14 heavy (non-hydrogen) atoms. The predicted molar refractivity (Wildman–Crippen MR) is 43.9 cm³/mol. The summed E-state index contributed by atoms with van der Waals surface area (Å²) in [6.07, 6.45) is -1.59. The number of likely N-dealkylation sites (tertiary alicyclic amines) is 1. The molecule has 1 rings (SSSR count). The maximum absolute atomic E-state index is 12.8. The molecule has 1 amide bonds. The number of hydrogen-bond acceptors (Lipinski definition) is 3. The van der Waals surface area contributed by atoms with Gasteiger partial charge in [0.25, 0.3) is 11.8 Å². The van der Waals surface area contributed by atoms with E-state index in [-0.39, 0.29) is 19.4 Å². The summed E-state index contributed by atoms with van der Waals surface area (Å²) in [5.41, 5.74) is 0. The molecule has 0 aromatic carbocycles. The second-order valence-corrected chi connectivity index (χ2v) is 3.42. The van der Waals surface area contributed by atoms with Gasteiger partial charge in [-0.25, -0.2) is 8.78 Å². The van der Waals surface area contributed by atoms with E-state index >= 15 is 0 Å². The lowest BCUT2D eigenvalue weighted by Gasteiger charge is -2.33. The molecule has 6 heteroatoms. The molecule has 1 atom stereocenters. The van der Waals surface area contributed by atoms with Gasteiger partial charge in [0.15, 0.2) is 6.10 Å². The second-order valence-electron chi connectivity index (χ2n) is 3.42. The van der Waals surface area contributed by atoms with Crippen LogP contribution in [0.4, 0.5) is 8.78 Å². The van der Waals surface area contributed by atoms with E-state index in [4.69, 9.17) is 10.2 Å². The van der Waals surface area contributed by atoms with Crippen LogP contribution in [0.3, 0.4) is 0 Å². The van der Waals surface area contributed by atoms with E-state index in [1.54, 1.807) is 0 Å². The SMILES string of the molecule is O=C(C(O)CO)N1CCCC(F)(F)C1. The molecule has 1 fully saturated rings. The molecular formula is C8H13F2NO3. The summed E-state index contributed by atoms with van der Waals surface area (Å²) >= 11 is 0. The van der Waals surface area contributed by atoms with Crippen LogP contribution in [0.25, 0.3) is 0 Å². The first-order chi connectivity index (χ1) is 6.46. The van der Waals surface area contributed by atoms with Gasteiger partial charge in [0.1, 0.15) is 0 Å². The van der Waals surface area contributed by atoms with E-state index in [9.17, 15) is 13.6 Å². The quantitative estimate of drug-likeness (QED) is 0.650. The number of carbonyl (C=O) groups excluding carboxylic acids is 1. The van der Waals surface area contributed by atoms with Crippen LogP contribution >= 0.6 is 0 Å². The normalized spacial score (nSPS) is 23.3. The Labute approximate surface area is 80.1 Å². The van der Waals surface area contributed by atoms with Crippen molar-refractivity contribution in [3.05, 3.63) is 0 Å². The molecule has 0 aromatic heterocycles. The monoisotopic (exact) mass is 209 g/mol. The van der Waals surface area contributed by atoms with Gasteiger partial charge in [0.2, 0.25) is 0 Å². The zero-order valence-corrected chi connectivity index (χ0v) is 7.62. The lowest BCUT2D eigenvalue weighted by atomic mass is 10.1. The average Bonchev–Trinajstić information content (AvgIpc) is 2.14. The van der Waals surface area contributed by atoms with E-state index in [0.29, 0.717) is 0 Å². The Balaban J connectivity index is 2.56. The molecule has 1 aliphatic heterocycles. The Morgan fingerprint density at radius 3 is 2.71 bits per heavy atom. The minimum absolute atomic E-state index is 0.214. The van der Waals surface area contributed by atoms with Gasteiger partial charge in [-0.1, -0.05) is 0 Å². The van der Waals surface area contributed by atoms with Crippen molar-refractivity contribution in [1.82, 2.24) is 4.90 Å². The zero-order chi connectivity index (χ0) is 10.8. The van der Waals surface area contributed by atoms with Crippen molar-refractivity contribution in [2.24, 2.45) is 0 Å². The van der Waals surface area contributed by atoms with E-state index in [1.807, 2.05) is 0 Å². The molecule has 0 spiro atoms. The van der Waals surface area contributed by atoms with Crippen LogP contribution in [0.2, 0.25) is 0 Å². The van der Waals surface area contributed by atoms with E-state index in [1.165, 1.54) is 0 Å². The summed E-state index contributed by atoms with van der Waals surface area (Å²) in [4.78, 5) is 12.1. The van der Waals surface area contributed by atoms with Gasteiger partial charge < -0.3 is 15.1 Å². The summed E-state index contributed by atoms with van der Waals surface area (Å²) in [7, 11) is 0. The van der Waals surface area contributed by atoms with Gasteiger partial charge in [-0.05, 0) is 6.42 Å². The lowest BCUT2D eigenvalue weighted by molar-refractivity contribution is -0.152. The number of hydrogen-bond donors (Lipinski definition) is 2. The minimum Gasteiger partial charge on any atom is -0.393 e. The molecular weight excluding hydrogens is 196 g/mol. The predicted octanol–water partition coefficient (Wildman–Crippen LogP) is -0.403. The van der Waals surface area contributed by atoms with Gasteiger partial charge in [-0.2, -0.15) is 0 Å². The molecule has 0 saturated carbocycles. The Morgan fingerprint density at radius 1 is 1.57 bits per heavy atom. The van der Waals surface area contributed by atoms with Crippen molar-refractivity contribution >= 4 is 5.91 Å². The van der Waals surface area contributed by atoms with Crippen molar-refractivity contribution in [2.75, 3.05) is 19.7 Å². The summed E-state index contributed by atoms with van der Waals surface area (Å²) in [5.74, 6) is -3.70. The number of piperidine rings is 1. The van der Waals surface area contributed by atoms with Crippen molar-refractivity contribution in [3.8, 4) is 0 Å². The van der Waals surface area contributed by atoms with Crippen molar-refractivity contribution in [1.29, 1.82) is 0 Å². The first kappa shape index (κ1) is 11.3. The maximum Gasteiger partial charge on any atom is 0.265 e.